The van der Waals surface area contributed by atoms with Gasteiger partial charge in [-0.1, -0.05) is 19.3 Å². The molecular formula is C18H22N4O3. The zero-order valence-electron chi connectivity index (χ0n) is 14.2. The molecule has 132 valence electrons. The fourth-order valence-corrected chi connectivity index (χ4v) is 3.01. The van der Waals surface area contributed by atoms with Crippen LogP contribution < -0.4 is 15.4 Å². The van der Waals surface area contributed by atoms with Gasteiger partial charge in [0.2, 0.25) is 0 Å². The van der Waals surface area contributed by atoms with Gasteiger partial charge in [-0.3, -0.25) is 9.59 Å². The number of aromatic nitrogens is 2. The molecule has 0 atom stereocenters. The maximum absolute atomic E-state index is 12.5. The summed E-state index contributed by atoms with van der Waals surface area (Å²) in [6.45, 7) is 0. The van der Waals surface area contributed by atoms with E-state index >= 15 is 0 Å². The number of nitrogens with one attached hydrogen (secondary N) is 3. The maximum Gasteiger partial charge on any atom is 0.276 e. The Kier molecular flexibility index (Phi) is 5.33. The molecule has 7 heteroatoms. The lowest BCUT2D eigenvalue weighted by molar-refractivity contribution is 0.0912. The molecule has 1 aliphatic rings. The second-order valence-corrected chi connectivity index (χ2v) is 6.12. The minimum atomic E-state index is -0.430. The summed E-state index contributed by atoms with van der Waals surface area (Å²) in [6, 6.07) is 7.12. The van der Waals surface area contributed by atoms with Crippen molar-refractivity contribution in [3.63, 3.8) is 0 Å². The zero-order valence-corrected chi connectivity index (χ0v) is 14.2. The minimum Gasteiger partial charge on any atom is -0.497 e. The molecule has 1 saturated carbocycles. The molecule has 0 saturated heterocycles. The third-order valence-corrected chi connectivity index (χ3v) is 4.37. The van der Waals surface area contributed by atoms with Crippen molar-refractivity contribution in [3.8, 4) is 5.75 Å². The second kappa shape index (κ2) is 7.83. The van der Waals surface area contributed by atoms with Crippen LogP contribution in [0.5, 0.6) is 5.75 Å². The van der Waals surface area contributed by atoms with Crippen LogP contribution in [-0.2, 0) is 0 Å². The van der Waals surface area contributed by atoms with Crippen LogP contribution in [-0.4, -0.2) is 34.9 Å². The van der Waals surface area contributed by atoms with E-state index in [1.807, 2.05) is 0 Å². The molecule has 2 amide bonds. The van der Waals surface area contributed by atoms with E-state index in [1.54, 1.807) is 31.4 Å². The van der Waals surface area contributed by atoms with Crippen molar-refractivity contribution >= 4 is 17.5 Å². The van der Waals surface area contributed by atoms with Gasteiger partial charge in [-0.15, -0.1) is 0 Å². The van der Waals surface area contributed by atoms with E-state index in [1.165, 1.54) is 12.7 Å². The number of anilines is 1. The minimum absolute atomic E-state index is 0.0872. The van der Waals surface area contributed by atoms with Gasteiger partial charge in [0.05, 0.1) is 13.4 Å². The summed E-state index contributed by atoms with van der Waals surface area (Å²) in [4.78, 5) is 31.7. The summed E-state index contributed by atoms with van der Waals surface area (Å²) >= 11 is 0. The number of imidazole rings is 1. The molecule has 2 aromatic rings. The van der Waals surface area contributed by atoms with Crippen molar-refractivity contribution in [1.82, 2.24) is 15.3 Å². The van der Waals surface area contributed by atoms with Gasteiger partial charge in [0, 0.05) is 11.7 Å². The smallest absolute Gasteiger partial charge is 0.276 e. The molecule has 1 fully saturated rings. The molecule has 3 N–H and O–H groups in total. The van der Waals surface area contributed by atoms with Crippen LogP contribution >= 0.6 is 0 Å². The Bertz CT molecular complexity index is 733. The molecule has 25 heavy (non-hydrogen) atoms. The molecule has 0 spiro atoms. The summed E-state index contributed by atoms with van der Waals surface area (Å²) in [5.41, 5.74) is 0.883. The number of methoxy groups -OCH3 is 1. The molecule has 3 rings (SSSR count). The van der Waals surface area contributed by atoms with E-state index in [0.29, 0.717) is 11.4 Å². The van der Waals surface area contributed by atoms with Gasteiger partial charge >= 0.3 is 0 Å². The lowest BCUT2D eigenvalue weighted by Crippen LogP contribution is -2.37. The fraction of sp³-hybridized carbons (Fsp3) is 0.389. The molecule has 1 aromatic carbocycles. The molecular weight excluding hydrogens is 320 g/mol. The van der Waals surface area contributed by atoms with Crippen molar-refractivity contribution in [2.45, 2.75) is 38.1 Å². The van der Waals surface area contributed by atoms with Gasteiger partial charge in [0.15, 0.2) is 5.69 Å². The summed E-state index contributed by atoms with van der Waals surface area (Å²) in [6.07, 6.45) is 6.78. The zero-order chi connectivity index (χ0) is 17.6. The van der Waals surface area contributed by atoms with Crippen molar-refractivity contribution < 1.29 is 14.3 Å². The van der Waals surface area contributed by atoms with E-state index in [-0.39, 0.29) is 23.3 Å². The first kappa shape index (κ1) is 17.0. The van der Waals surface area contributed by atoms with Gasteiger partial charge in [0.1, 0.15) is 11.4 Å². The highest BCUT2D eigenvalue weighted by atomic mass is 16.5. The molecule has 7 nitrogen and oxygen atoms in total. The number of rotatable bonds is 5. The van der Waals surface area contributed by atoms with Gasteiger partial charge in [-0.05, 0) is 37.1 Å². The van der Waals surface area contributed by atoms with Crippen LogP contribution in [0.1, 0.15) is 53.1 Å². The number of amides is 2. The Balaban J connectivity index is 1.66. The van der Waals surface area contributed by atoms with E-state index in [0.717, 1.165) is 25.7 Å². The van der Waals surface area contributed by atoms with Crippen molar-refractivity contribution in [2.75, 3.05) is 12.4 Å². The number of ether oxygens (including phenoxy) is 1. The Morgan fingerprint density at radius 2 is 1.84 bits per heavy atom. The van der Waals surface area contributed by atoms with Crippen molar-refractivity contribution in [1.29, 1.82) is 0 Å². The largest absolute Gasteiger partial charge is 0.497 e. The third-order valence-electron chi connectivity index (χ3n) is 4.37. The highest BCUT2D eigenvalue weighted by Crippen LogP contribution is 2.19. The maximum atomic E-state index is 12.5. The Morgan fingerprint density at radius 3 is 2.52 bits per heavy atom. The van der Waals surface area contributed by atoms with Gasteiger partial charge < -0.3 is 20.4 Å². The Morgan fingerprint density at radius 1 is 1.12 bits per heavy atom. The molecule has 0 radical (unpaired) electrons. The van der Waals surface area contributed by atoms with Gasteiger partial charge in [0.25, 0.3) is 11.8 Å². The normalized spacial score (nSPS) is 14.8. The first-order chi connectivity index (χ1) is 12.2. The average molecular weight is 342 g/mol. The average Bonchev–Trinajstić information content (AvgIpc) is 3.13. The number of nitrogens with zero attached hydrogens (tertiary/aromatic N) is 1. The van der Waals surface area contributed by atoms with Crippen LogP contribution in [0.3, 0.4) is 0 Å². The second-order valence-electron chi connectivity index (χ2n) is 6.12. The Hall–Kier alpha value is -2.83. The molecule has 1 aromatic heterocycles. The van der Waals surface area contributed by atoms with E-state index in [9.17, 15) is 9.59 Å². The predicted molar refractivity (Wildman–Crippen MR) is 93.9 cm³/mol. The summed E-state index contributed by atoms with van der Waals surface area (Å²) in [7, 11) is 1.58. The number of hydrogen-bond donors (Lipinski definition) is 3. The van der Waals surface area contributed by atoms with Crippen LogP contribution in [0.4, 0.5) is 5.69 Å². The quantitative estimate of drug-likeness (QED) is 0.778. The Labute approximate surface area is 146 Å². The highest BCUT2D eigenvalue weighted by molar-refractivity contribution is 6.10. The molecule has 0 unspecified atom stereocenters. The first-order valence-electron chi connectivity index (χ1n) is 8.47. The van der Waals surface area contributed by atoms with Crippen molar-refractivity contribution in [3.05, 3.63) is 42.0 Å². The molecule has 1 aliphatic carbocycles. The predicted octanol–water partition coefficient (Wildman–Crippen LogP) is 2.73. The topological polar surface area (TPSA) is 96.1 Å². The van der Waals surface area contributed by atoms with E-state index < -0.39 is 5.91 Å². The number of carbonyl (C=O) groups excluding carboxylic acids is 2. The van der Waals surface area contributed by atoms with Crippen LogP contribution in [0, 0.1) is 0 Å². The summed E-state index contributed by atoms with van der Waals surface area (Å²) < 4.78 is 5.09. The van der Waals surface area contributed by atoms with Gasteiger partial charge in [-0.25, -0.2) is 4.98 Å². The third kappa shape index (κ3) is 4.17. The number of benzene rings is 1. The standard InChI is InChI=1S/C18H22N4O3/c1-25-14-9-7-13(8-10-14)22-18(24)16-15(19-11-20-16)17(23)21-12-5-3-2-4-6-12/h7-12H,2-6H2,1H3,(H,19,20)(H,21,23)(H,22,24). The summed E-state index contributed by atoms with van der Waals surface area (Å²) in [5.74, 6) is -0.0187. The van der Waals surface area contributed by atoms with Crippen LogP contribution in [0.25, 0.3) is 0 Å². The van der Waals surface area contributed by atoms with E-state index in [2.05, 4.69) is 20.6 Å². The SMILES string of the molecule is COc1ccc(NC(=O)c2nc[nH]c2C(=O)NC2CCCCC2)cc1. The number of aromatic amines is 1. The number of carbonyl (C=O) groups is 2. The van der Waals surface area contributed by atoms with Crippen LogP contribution in [0.15, 0.2) is 30.6 Å². The van der Waals surface area contributed by atoms with Crippen molar-refractivity contribution in [2.24, 2.45) is 0 Å². The molecule has 0 bridgehead atoms. The molecule has 0 aliphatic heterocycles. The lowest BCUT2D eigenvalue weighted by Gasteiger charge is -2.22. The monoisotopic (exact) mass is 342 g/mol. The van der Waals surface area contributed by atoms with Crippen LogP contribution in [0.2, 0.25) is 0 Å². The highest BCUT2D eigenvalue weighted by Gasteiger charge is 2.23. The first-order valence-corrected chi connectivity index (χ1v) is 8.47. The van der Waals surface area contributed by atoms with Gasteiger partial charge in [-0.2, -0.15) is 0 Å². The number of H-pyrrole nitrogens is 1. The fourth-order valence-electron chi connectivity index (χ4n) is 3.01. The number of hydrogen-bond acceptors (Lipinski definition) is 4. The lowest BCUT2D eigenvalue weighted by atomic mass is 9.95. The molecule has 1 heterocycles. The van der Waals surface area contributed by atoms with E-state index in [4.69, 9.17) is 4.74 Å². The summed E-state index contributed by atoms with van der Waals surface area (Å²) in [5, 5.41) is 5.73.